The van der Waals surface area contributed by atoms with Gasteiger partial charge in [0.25, 0.3) is 5.91 Å². The molecule has 4 nitrogen and oxygen atoms in total. The summed E-state index contributed by atoms with van der Waals surface area (Å²) in [6.45, 7) is 2.40. The van der Waals surface area contributed by atoms with Crippen LogP contribution in [0.1, 0.15) is 21.6 Å². The second kappa shape index (κ2) is 5.31. The van der Waals surface area contributed by atoms with Crippen molar-refractivity contribution in [2.24, 2.45) is 0 Å². The van der Waals surface area contributed by atoms with Gasteiger partial charge in [0, 0.05) is 29.7 Å². The zero-order valence-corrected chi connectivity index (χ0v) is 10.2. The molecule has 0 unspecified atom stereocenters. The Morgan fingerprint density at radius 1 is 1.22 bits per heavy atom. The Morgan fingerprint density at radius 2 is 1.94 bits per heavy atom. The van der Waals surface area contributed by atoms with Crippen LogP contribution in [0.4, 0.5) is 5.69 Å². The molecule has 18 heavy (non-hydrogen) atoms. The number of benzene rings is 1. The molecular formula is C14H15N3O. The molecule has 0 spiro atoms. The van der Waals surface area contributed by atoms with Crippen molar-refractivity contribution in [1.29, 1.82) is 0 Å². The van der Waals surface area contributed by atoms with Gasteiger partial charge in [-0.3, -0.25) is 9.78 Å². The second-order valence-electron chi connectivity index (χ2n) is 4.11. The highest BCUT2D eigenvalue weighted by atomic mass is 16.1. The predicted octanol–water partition coefficient (Wildman–Crippen LogP) is 1.90. The van der Waals surface area contributed by atoms with E-state index in [2.05, 4.69) is 10.3 Å². The summed E-state index contributed by atoms with van der Waals surface area (Å²) in [5, 5.41) is 2.83. The Bertz CT molecular complexity index is 532. The van der Waals surface area contributed by atoms with Crippen LogP contribution in [0.25, 0.3) is 0 Å². The first-order valence-corrected chi connectivity index (χ1v) is 5.70. The Kier molecular flexibility index (Phi) is 3.57. The van der Waals surface area contributed by atoms with Crippen LogP contribution in [0.2, 0.25) is 0 Å². The number of pyridine rings is 1. The molecule has 0 saturated carbocycles. The van der Waals surface area contributed by atoms with Crippen LogP contribution in [0, 0.1) is 6.92 Å². The largest absolute Gasteiger partial charge is 0.399 e. The molecule has 0 saturated heterocycles. The van der Waals surface area contributed by atoms with Crippen molar-refractivity contribution < 1.29 is 4.79 Å². The number of hydrogen-bond donors (Lipinski definition) is 2. The van der Waals surface area contributed by atoms with Crippen LogP contribution in [0.3, 0.4) is 0 Å². The normalized spacial score (nSPS) is 10.1. The number of nitrogens with two attached hydrogens (primary N) is 1. The van der Waals surface area contributed by atoms with Gasteiger partial charge >= 0.3 is 0 Å². The number of nitrogen functional groups attached to an aromatic ring is 1. The van der Waals surface area contributed by atoms with Gasteiger partial charge in [0.15, 0.2) is 0 Å². The highest BCUT2D eigenvalue weighted by Crippen LogP contribution is 2.06. The molecule has 0 aliphatic carbocycles. The van der Waals surface area contributed by atoms with Crippen molar-refractivity contribution in [2.75, 3.05) is 5.73 Å². The van der Waals surface area contributed by atoms with Gasteiger partial charge in [0.1, 0.15) is 0 Å². The SMILES string of the molecule is Cc1ccc(CNC(=O)c2ccc(N)cc2)cn1. The van der Waals surface area contributed by atoms with E-state index < -0.39 is 0 Å². The van der Waals surface area contributed by atoms with E-state index in [1.807, 2.05) is 19.1 Å². The molecule has 0 fully saturated rings. The van der Waals surface area contributed by atoms with E-state index in [1.165, 1.54) is 0 Å². The predicted molar refractivity (Wildman–Crippen MR) is 71.0 cm³/mol. The van der Waals surface area contributed by atoms with Gasteiger partial charge in [-0.15, -0.1) is 0 Å². The monoisotopic (exact) mass is 241 g/mol. The minimum Gasteiger partial charge on any atom is -0.399 e. The third-order valence-corrected chi connectivity index (χ3v) is 2.60. The molecule has 2 aromatic rings. The number of aryl methyl sites for hydroxylation is 1. The highest BCUT2D eigenvalue weighted by Gasteiger charge is 2.04. The quantitative estimate of drug-likeness (QED) is 0.806. The van der Waals surface area contributed by atoms with E-state index in [1.54, 1.807) is 30.5 Å². The zero-order valence-electron chi connectivity index (χ0n) is 10.2. The van der Waals surface area contributed by atoms with E-state index in [4.69, 9.17) is 5.73 Å². The number of nitrogens with zero attached hydrogens (tertiary/aromatic N) is 1. The van der Waals surface area contributed by atoms with Crippen molar-refractivity contribution in [1.82, 2.24) is 10.3 Å². The average Bonchev–Trinajstić information content (AvgIpc) is 2.38. The molecule has 2 rings (SSSR count). The third kappa shape index (κ3) is 3.07. The van der Waals surface area contributed by atoms with E-state index in [9.17, 15) is 4.79 Å². The van der Waals surface area contributed by atoms with Gasteiger partial charge in [0.05, 0.1) is 0 Å². The van der Waals surface area contributed by atoms with Gasteiger partial charge < -0.3 is 11.1 Å². The number of amides is 1. The molecule has 0 atom stereocenters. The van der Waals surface area contributed by atoms with Crippen molar-refractivity contribution in [3.63, 3.8) is 0 Å². The molecule has 1 amide bonds. The number of aromatic nitrogens is 1. The van der Waals surface area contributed by atoms with Gasteiger partial charge in [-0.1, -0.05) is 6.07 Å². The molecule has 1 heterocycles. The molecule has 0 bridgehead atoms. The molecule has 1 aromatic carbocycles. The topological polar surface area (TPSA) is 68.0 Å². The highest BCUT2D eigenvalue weighted by molar-refractivity contribution is 5.94. The molecule has 0 aliphatic rings. The summed E-state index contributed by atoms with van der Waals surface area (Å²) in [5.74, 6) is -0.115. The second-order valence-corrected chi connectivity index (χ2v) is 4.11. The molecule has 4 heteroatoms. The number of hydrogen-bond acceptors (Lipinski definition) is 3. The van der Waals surface area contributed by atoms with Crippen LogP contribution < -0.4 is 11.1 Å². The lowest BCUT2D eigenvalue weighted by Crippen LogP contribution is -2.22. The number of anilines is 1. The fraction of sp³-hybridized carbons (Fsp3) is 0.143. The lowest BCUT2D eigenvalue weighted by Gasteiger charge is -2.05. The minimum absolute atomic E-state index is 0.115. The third-order valence-electron chi connectivity index (χ3n) is 2.60. The number of rotatable bonds is 3. The summed E-state index contributed by atoms with van der Waals surface area (Å²) in [6, 6.07) is 10.7. The lowest BCUT2D eigenvalue weighted by atomic mass is 10.2. The molecular weight excluding hydrogens is 226 g/mol. The van der Waals surface area contributed by atoms with Gasteiger partial charge in [-0.2, -0.15) is 0 Å². The summed E-state index contributed by atoms with van der Waals surface area (Å²) in [7, 11) is 0. The number of nitrogens with one attached hydrogen (secondary N) is 1. The van der Waals surface area contributed by atoms with Crippen molar-refractivity contribution in [3.8, 4) is 0 Å². The summed E-state index contributed by atoms with van der Waals surface area (Å²) < 4.78 is 0. The maximum atomic E-state index is 11.8. The van der Waals surface area contributed by atoms with Crippen molar-refractivity contribution in [3.05, 3.63) is 59.4 Å². The smallest absolute Gasteiger partial charge is 0.251 e. The van der Waals surface area contributed by atoms with Gasteiger partial charge in [-0.25, -0.2) is 0 Å². The summed E-state index contributed by atoms with van der Waals surface area (Å²) in [6.07, 6.45) is 1.76. The fourth-order valence-corrected chi connectivity index (χ4v) is 1.52. The van der Waals surface area contributed by atoms with E-state index in [0.717, 1.165) is 11.3 Å². The maximum Gasteiger partial charge on any atom is 0.251 e. The first kappa shape index (κ1) is 12.1. The molecule has 3 N–H and O–H groups in total. The summed E-state index contributed by atoms with van der Waals surface area (Å²) >= 11 is 0. The summed E-state index contributed by atoms with van der Waals surface area (Å²) in [4.78, 5) is 16.0. The first-order chi connectivity index (χ1) is 8.65. The van der Waals surface area contributed by atoms with E-state index in [-0.39, 0.29) is 5.91 Å². The van der Waals surface area contributed by atoms with E-state index in [0.29, 0.717) is 17.8 Å². The Morgan fingerprint density at radius 3 is 2.56 bits per heavy atom. The van der Waals surface area contributed by atoms with Gasteiger partial charge in [0.2, 0.25) is 0 Å². The summed E-state index contributed by atoms with van der Waals surface area (Å²) in [5.41, 5.74) is 8.75. The molecule has 0 radical (unpaired) electrons. The first-order valence-electron chi connectivity index (χ1n) is 5.70. The Hall–Kier alpha value is -2.36. The Labute approximate surface area is 106 Å². The maximum absolute atomic E-state index is 11.8. The minimum atomic E-state index is -0.115. The van der Waals surface area contributed by atoms with Crippen LogP contribution in [-0.2, 0) is 6.54 Å². The Balaban J connectivity index is 1.96. The lowest BCUT2D eigenvalue weighted by molar-refractivity contribution is 0.0951. The van der Waals surface area contributed by atoms with Crippen LogP contribution in [0.15, 0.2) is 42.6 Å². The molecule has 1 aromatic heterocycles. The molecule has 92 valence electrons. The standard InChI is InChI=1S/C14H15N3O/c1-10-2-3-11(8-16-10)9-17-14(18)12-4-6-13(15)7-5-12/h2-8H,9,15H2,1H3,(H,17,18). The van der Waals surface area contributed by atoms with Crippen LogP contribution >= 0.6 is 0 Å². The molecule has 0 aliphatic heterocycles. The number of carbonyl (C=O) groups is 1. The zero-order chi connectivity index (χ0) is 13.0. The fourth-order valence-electron chi connectivity index (χ4n) is 1.52. The van der Waals surface area contributed by atoms with E-state index >= 15 is 0 Å². The number of carbonyl (C=O) groups excluding carboxylic acids is 1. The van der Waals surface area contributed by atoms with Crippen LogP contribution in [0.5, 0.6) is 0 Å². The van der Waals surface area contributed by atoms with Gasteiger partial charge in [-0.05, 0) is 42.8 Å². The average molecular weight is 241 g/mol. The van der Waals surface area contributed by atoms with Crippen molar-refractivity contribution >= 4 is 11.6 Å². The van der Waals surface area contributed by atoms with Crippen LogP contribution in [-0.4, -0.2) is 10.9 Å². The van der Waals surface area contributed by atoms with Crippen molar-refractivity contribution in [2.45, 2.75) is 13.5 Å².